The third-order valence-corrected chi connectivity index (χ3v) is 7.16. The van der Waals surface area contributed by atoms with Crippen molar-refractivity contribution in [1.29, 1.82) is 0 Å². The smallest absolute Gasteiger partial charge is 0.309 e. The van der Waals surface area contributed by atoms with Gasteiger partial charge in [0, 0.05) is 0 Å². The van der Waals surface area contributed by atoms with E-state index in [9.17, 15) is 4.79 Å². The summed E-state index contributed by atoms with van der Waals surface area (Å²) in [6, 6.07) is 0. The number of allylic oxidation sites excluding steroid dienone is 2. The molecule has 0 aromatic carbocycles. The van der Waals surface area contributed by atoms with Gasteiger partial charge in [-0.3, -0.25) is 4.79 Å². The second-order valence-electron chi connectivity index (χ2n) is 7.95. The van der Waals surface area contributed by atoms with Crippen LogP contribution in [0.2, 0.25) is 0 Å². The number of fused-ring (bicyclic) bond motifs is 9. The van der Waals surface area contributed by atoms with E-state index >= 15 is 0 Å². The van der Waals surface area contributed by atoms with Crippen molar-refractivity contribution >= 4 is 5.97 Å². The Labute approximate surface area is 120 Å². The fraction of sp³-hybridized carbons (Fsp3) is 0.833. The van der Waals surface area contributed by atoms with Crippen molar-refractivity contribution in [3.63, 3.8) is 0 Å². The second kappa shape index (κ2) is 4.11. The predicted octanol–water partition coefficient (Wildman–Crippen LogP) is 3.57. The Balaban J connectivity index is 1.32. The molecule has 0 amide bonds. The Morgan fingerprint density at radius 2 is 1.70 bits per heavy atom. The van der Waals surface area contributed by atoms with Gasteiger partial charge in [0.2, 0.25) is 0 Å². The molecule has 4 fully saturated rings. The van der Waals surface area contributed by atoms with Gasteiger partial charge < -0.3 is 4.74 Å². The average molecular weight is 272 g/mol. The highest BCUT2D eigenvalue weighted by Gasteiger charge is 2.62. The van der Waals surface area contributed by atoms with Gasteiger partial charge in [-0.25, -0.2) is 0 Å². The minimum absolute atomic E-state index is 0.162. The average Bonchev–Trinajstić information content (AvgIpc) is 3.22. The molecule has 0 aromatic rings. The first-order chi connectivity index (χ1) is 9.81. The molecule has 0 saturated heterocycles. The second-order valence-corrected chi connectivity index (χ2v) is 7.95. The van der Waals surface area contributed by atoms with Gasteiger partial charge in [-0.15, -0.1) is 0 Å². The van der Waals surface area contributed by atoms with Gasteiger partial charge in [0.15, 0.2) is 0 Å². The number of rotatable bonds is 2. The first-order valence-corrected chi connectivity index (χ1v) is 8.70. The van der Waals surface area contributed by atoms with Crippen LogP contribution in [0, 0.1) is 41.4 Å². The molecule has 20 heavy (non-hydrogen) atoms. The highest BCUT2D eigenvalue weighted by atomic mass is 16.5. The minimum Gasteiger partial charge on any atom is -0.462 e. The first kappa shape index (κ1) is 11.8. The number of carbonyl (C=O) groups excluding carboxylic acids is 1. The van der Waals surface area contributed by atoms with E-state index in [0.717, 1.165) is 48.9 Å². The van der Waals surface area contributed by atoms with Gasteiger partial charge in [-0.1, -0.05) is 12.2 Å². The molecule has 4 saturated carbocycles. The minimum atomic E-state index is 0.162. The summed E-state index contributed by atoms with van der Waals surface area (Å²) in [5.41, 5.74) is 0. The lowest BCUT2D eigenvalue weighted by Gasteiger charge is -2.36. The molecule has 4 bridgehead atoms. The van der Waals surface area contributed by atoms with Crippen molar-refractivity contribution in [3.8, 4) is 0 Å². The molecule has 0 spiro atoms. The molecule has 7 atom stereocenters. The zero-order chi connectivity index (χ0) is 13.3. The van der Waals surface area contributed by atoms with Gasteiger partial charge in [-0.2, -0.15) is 0 Å². The van der Waals surface area contributed by atoms with E-state index in [0.29, 0.717) is 5.92 Å². The van der Waals surface area contributed by atoms with Gasteiger partial charge in [-0.05, 0) is 80.5 Å². The highest BCUT2D eigenvalue weighted by Crippen LogP contribution is 2.67. The molecule has 7 unspecified atom stereocenters. The summed E-state index contributed by atoms with van der Waals surface area (Å²) in [4.78, 5) is 12.5. The van der Waals surface area contributed by atoms with Gasteiger partial charge in [0.1, 0.15) is 6.10 Å². The monoisotopic (exact) mass is 272 g/mol. The summed E-state index contributed by atoms with van der Waals surface area (Å²) in [6.45, 7) is 0. The van der Waals surface area contributed by atoms with E-state index in [1.165, 1.54) is 25.7 Å². The molecule has 2 nitrogen and oxygen atoms in total. The molecular weight excluding hydrogens is 248 g/mol. The predicted molar refractivity (Wildman–Crippen MR) is 75.8 cm³/mol. The molecule has 5 aliphatic rings. The summed E-state index contributed by atoms with van der Waals surface area (Å²) in [5.74, 6) is 5.28. The maximum Gasteiger partial charge on any atom is 0.309 e. The molecule has 0 aliphatic heterocycles. The fourth-order valence-electron chi connectivity index (χ4n) is 6.54. The van der Waals surface area contributed by atoms with Crippen LogP contribution in [-0.4, -0.2) is 12.1 Å². The van der Waals surface area contributed by atoms with Crippen LogP contribution in [0.5, 0.6) is 0 Å². The van der Waals surface area contributed by atoms with Crippen molar-refractivity contribution in [3.05, 3.63) is 12.2 Å². The largest absolute Gasteiger partial charge is 0.462 e. The lowest BCUT2D eigenvalue weighted by Crippen LogP contribution is -2.36. The van der Waals surface area contributed by atoms with Crippen molar-refractivity contribution < 1.29 is 9.53 Å². The molecule has 0 N–H and O–H groups in total. The number of esters is 1. The van der Waals surface area contributed by atoms with Crippen LogP contribution < -0.4 is 0 Å². The molecule has 0 heterocycles. The van der Waals surface area contributed by atoms with Crippen LogP contribution in [0.1, 0.15) is 44.9 Å². The van der Waals surface area contributed by atoms with Gasteiger partial charge >= 0.3 is 5.97 Å². The first-order valence-electron chi connectivity index (χ1n) is 8.70. The summed E-state index contributed by atoms with van der Waals surface area (Å²) in [7, 11) is 0. The molecule has 5 rings (SSSR count). The van der Waals surface area contributed by atoms with Crippen molar-refractivity contribution in [2.24, 2.45) is 41.4 Å². The fourth-order valence-corrected chi connectivity index (χ4v) is 6.54. The van der Waals surface area contributed by atoms with Crippen molar-refractivity contribution in [2.45, 2.75) is 51.0 Å². The van der Waals surface area contributed by atoms with E-state index in [-0.39, 0.29) is 18.0 Å². The molecule has 0 aromatic heterocycles. The SMILES string of the molecule is O=C(OC1CCCC1)C1CC2CC1C1C3C=CC(C3)C21. The van der Waals surface area contributed by atoms with Crippen LogP contribution in [0.15, 0.2) is 12.2 Å². The van der Waals surface area contributed by atoms with E-state index in [1.54, 1.807) is 0 Å². The van der Waals surface area contributed by atoms with Crippen molar-refractivity contribution in [2.75, 3.05) is 0 Å². The topological polar surface area (TPSA) is 26.3 Å². The summed E-state index contributed by atoms with van der Waals surface area (Å²) < 4.78 is 5.82. The quantitative estimate of drug-likeness (QED) is 0.436. The zero-order valence-corrected chi connectivity index (χ0v) is 12.0. The summed E-state index contributed by atoms with van der Waals surface area (Å²) in [6.07, 6.45) is 13.7. The lowest BCUT2D eigenvalue weighted by molar-refractivity contribution is -0.157. The Hall–Kier alpha value is -0.790. The van der Waals surface area contributed by atoms with Crippen LogP contribution in [0.3, 0.4) is 0 Å². The molecule has 5 aliphatic carbocycles. The zero-order valence-electron chi connectivity index (χ0n) is 12.0. The number of hydrogen-bond acceptors (Lipinski definition) is 2. The number of carbonyl (C=O) groups is 1. The lowest BCUT2D eigenvalue weighted by atomic mass is 9.69. The molecule has 108 valence electrons. The summed E-state index contributed by atoms with van der Waals surface area (Å²) in [5, 5.41) is 0. The summed E-state index contributed by atoms with van der Waals surface area (Å²) >= 11 is 0. The third-order valence-electron chi connectivity index (χ3n) is 7.16. The molecular formula is C18H24O2. The van der Waals surface area contributed by atoms with Crippen molar-refractivity contribution in [1.82, 2.24) is 0 Å². The standard InChI is InChI=1S/C18H24O2/c19-18(20-13-3-1-2-4-13)15-9-12-8-14(15)17-11-6-5-10(7-11)16(12)17/h5-6,10-17H,1-4,7-9H2. The number of ether oxygens (including phenoxy) is 1. The van der Waals surface area contributed by atoms with Crippen LogP contribution in [-0.2, 0) is 9.53 Å². The third kappa shape index (κ3) is 1.48. The molecule has 0 radical (unpaired) electrons. The molecule has 2 heteroatoms. The van der Waals surface area contributed by atoms with E-state index < -0.39 is 0 Å². The van der Waals surface area contributed by atoms with Gasteiger partial charge in [0.25, 0.3) is 0 Å². The van der Waals surface area contributed by atoms with Crippen LogP contribution >= 0.6 is 0 Å². The number of hydrogen-bond donors (Lipinski definition) is 0. The normalized spacial score (nSPS) is 51.9. The maximum atomic E-state index is 12.5. The van der Waals surface area contributed by atoms with Crippen LogP contribution in [0.4, 0.5) is 0 Å². The Morgan fingerprint density at radius 3 is 2.50 bits per heavy atom. The van der Waals surface area contributed by atoms with Crippen LogP contribution in [0.25, 0.3) is 0 Å². The highest BCUT2D eigenvalue weighted by molar-refractivity contribution is 5.74. The Kier molecular flexibility index (Phi) is 2.43. The van der Waals surface area contributed by atoms with E-state index in [4.69, 9.17) is 4.74 Å². The maximum absolute atomic E-state index is 12.5. The Morgan fingerprint density at radius 1 is 0.950 bits per heavy atom. The van der Waals surface area contributed by atoms with E-state index in [1.807, 2.05) is 0 Å². The van der Waals surface area contributed by atoms with Gasteiger partial charge in [0.05, 0.1) is 5.92 Å². The van der Waals surface area contributed by atoms with E-state index in [2.05, 4.69) is 12.2 Å². The Bertz CT molecular complexity index is 462.